The molecule has 1 unspecified atom stereocenters. The fourth-order valence-corrected chi connectivity index (χ4v) is 1.84. The van der Waals surface area contributed by atoms with Gasteiger partial charge in [0, 0.05) is 12.6 Å². The number of carbonyl (C=O) groups excluding carboxylic acids is 1. The summed E-state index contributed by atoms with van der Waals surface area (Å²) in [4.78, 5) is 10.9. The van der Waals surface area contributed by atoms with Crippen LogP contribution in [-0.2, 0) is 4.79 Å². The molecule has 1 atom stereocenters. The first-order chi connectivity index (χ1) is 9.65. The van der Waals surface area contributed by atoms with Crippen molar-refractivity contribution in [2.45, 2.75) is 13.0 Å². The number of nitrogens with one attached hydrogen (secondary N) is 1. The Labute approximate surface area is 118 Å². The third kappa shape index (κ3) is 4.07. The van der Waals surface area contributed by atoms with E-state index in [1.165, 1.54) is 6.92 Å². The summed E-state index contributed by atoms with van der Waals surface area (Å²) in [6.45, 7) is 1.48. The maximum Gasteiger partial charge on any atom is 0.221 e. The van der Waals surface area contributed by atoms with Gasteiger partial charge in [-0.25, -0.2) is 0 Å². The Kier molecular flexibility index (Phi) is 4.69. The van der Waals surface area contributed by atoms with Gasteiger partial charge < -0.3 is 10.4 Å². The van der Waals surface area contributed by atoms with Gasteiger partial charge in [-0.15, -0.1) is 0 Å². The zero-order valence-electron chi connectivity index (χ0n) is 11.3. The summed E-state index contributed by atoms with van der Waals surface area (Å²) in [6, 6.07) is 16.9. The molecule has 0 saturated heterocycles. The summed E-state index contributed by atoms with van der Waals surface area (Å²) in [5, 5.41) is 12.7. The van der Waals surface area contributed by atoms with Gasteiger partial charge in [0.25, 0.3) is 0 Å². The first-order valence-electron chi connectivity index (χ1n) is 6.44. The minimum Gasteiger partial charge on any atom is -0.384 e. The van der Waals surface area contributed by atoms with Crippen LogP contribution < -0.4 is 5.32 Å². The number of carbonyl (C=O) groups is 1. The van der Waals surface area contributed by atoms with Crippen LogP contribution in [0.3, 0.4) is 0 Å². The maximum atomic E-state index is 10.9. The Morgan fingerprint density at radius 3 is 2.35 bits per heavy atom. The monoisotopic (exact) mass is 267 g/mol. The van der Waals surface area contributed by atoms with E-state index in [-0.39, 0.29) is 5.91 Å². The van der Waals surface area contributed by atoms with Gasteiger partial charge in [-0.05, 0) is 23.3 Å². The van der Waals surface area contributed by atoms with Gasteiger partial charge in [0.15, 0.2) is 0 Å². The zero-order chi connectivity index (χ0) is 14.4. The van der Waals surface area contributed by atoms with E-state index in [0.29, 0.717) is 0 Å². The molecule has 3 nitrogen and oxygen atoms in total. The molecule has 2 rings (SSSR count). The number of hydrogen-bond donors (Lipinski definition) is 2. The van der Waals surface area contributed by atoms with Crippen molar-refractivity contribution in [1.29, 1.82) is 0 Å². The Balaban J connectivity index is 2.02. The number of amides is 1. The van der Waals surface area contributed by atoms with Crippen molar-refractivity contribution in [3.8, 4) is 0 Å². The number of rotatable bonds is 4. The molecule has 2 aromatic rings. The fourth-order valence-electron chi connectivity index (χ4n) is 1.84. The smallest absolute Gasteiger partial charge is 0.221 e. The number of aliphatic hydroxyl groups is 1. The van der Waals surface area contributed by atoms with E-state index < -0.39 is 6.10 Å². The highest BCUT2D eigenvalue weighted by atomic mass is 16.3. The van der Waals surface area contributed by atoms with Gasteiger partial charge in [0.05, 0.1) is 6.10 Å². The van der Waals surface area contributed by atoms with E-state index >= 15 is 0 Å². The van der Waals surface area contributed by atoms with Crippen molar-refractivity contribution >= 4 is 17.7 Å². The van der Waals surface area contributed by atoms with Gasteiger partial charge in [-0.1, -0.05) is 54.6 Å². The molecule has 0 aliphatic carbocycles. The summed E-state index contributed by atoms with van der Waals surface area (Å²) < 4.78 is 0. The molecule has 2 N–H and O–H groups in total. The first-order valence-corrected chi connectivity index (χ1v) is 6.44. The molecule has 0 aromatic heterocycles. The highest BCUT2D eigenvalue weighted by molar-refractivity contribution is 5.88. The van der Waals surface area contributed by atoms with E-state index in [1.807, 2.05) is 60.7 Å². The largest absolute Gasteiger partial charge is 0.384 e. The Bertz CT molecular complexity index is 588. The van der Waals surface area contributed by atoms with Gasteiger partial charge in [-0.2, -0.15) is 0 Å². The maximum absolute atomic E-state index is 10.9. The first kappa shape index (κ1) is 14.0. The third-order valence-electron chi connectivity index (χ3n) is 2.84. The van der Waals surface area contributed by atoms with Crippen LogP contribution in [0.1, 0.15) is 24.2 Å². The van der Waals surface area contributed by atoms with Crippen molar-refractivity contribution in [1.82, 2.24) is 0 Å². The highest BCUT2D eigenvalue weighted by Gasteiger charge is 2.01. The molecule has 0 aliphatic rings. The summed E-state index contributed by atoms with van der Waals surface area (Å²) >= 11 is 0. The fraction of sp³-hybridized carbons (Fsp3) is 0.118. The third-order valence-corrected chi connectivity index (χ3v) is 2.84. The Morgan fingerprint density at radius 1 is 1.10 bits per heavy atom. The molecule has 0 aliphatic heterocycles. The van der Waals surface area contributed by atoms with Crippen LogP contribution in [0.15, 0.2) is 60.7 Å². The van der Waals surface area contributed by atoms with Crippen LogP contribution in [0, 0.1) is 0 Å². The number of benzene rings is 2. The lowest BCUT2D eigenvalue weighted by Crippen LogP contribution is -2.05. The molecule has 0 fully saturated rings. The number of aliphatic hydroxyl groups excluding tert-OH is 1. The van der Waals surface area contributed by atoms with E-state index in [4.69, 9.17) is 0 Å². The molecular weight excluding hydrogens is 250 g/mol. The van der Waals surface area contributed by atoms with Crippen molar-refractivity contribution in [2.75, 3.05) is 5.32 Å². The second kappa shape index (κ2) is 6.68. The van der Waals surface area contributed by atoms with Crippen LogP contribution in [0.2, 0.25) is 0 Å². The minimum absolute atomic E-state index is 0.0900. The van der Waals surface area contributed by atoms with Gasteiger partial charge in [-0.3, -0.25) is 4.79 Å². The predicted octanol–water partition coefficient (Wildman–Crippen LogP) is 3.39. The van der Waals surface area contributed by atoms with E-state index in [1.54, 1.807) is 6.08 Å². The van der Waals surface area contributed by atoms with Gasteiger partial charge in [0.1, 0.15) is 0 Å². The van der Waals surface area contributed by atoms with Crippen LogP contribution >= 0.6 is 0 Å². The van der Waals surface area contributed by atoms with Crippen LogP contribution in [0.5, 0.6) is 0 Å². The van der Waals surface area contributed by atoms with Crippen molar-refractivity contribution in [3.63, 3.8) is 0 Å². The number of anilines is 1. The molecule has 1 amide bonds. The molecule has 0 saturated carbocycles. The second-order valence-corrected chi connectivity index (χ2v) is 4.52. The minimum atomic E-state index is -0.619. The van der Waals surface area contributed by atoms with Crippen LogP contribution in [-0.4, -0.2) is 11.0 Å². The molecule has 0 bridgehead atoms. The van der Waals surface area contributed by atoms with E-state index in [2.05, 4.69) is 5.32 Å². The van der Waals surface area contributed by atoms with Crippen LogP contribution in [0.4, 0.5) is 5.69 Å². The highest BCUT2D eigenvalue weighted by Crippen LogP contribution is 2.16. The van der Waals surface area contributed by atoms with E-state index in [9.17, 15) is 9.90 Å². The molecular formula is C17H17NO2. The van der Waals surface area contributed by atoms with Crippen molar-refractivity contribution in [3.05, 3.63) is 71.8 Å². The summed E-state index contributed by atoms with van der Waals surface area (Å²) in [5.41, 5.74) is 2.59. The van der Waals surface area contributed by atoms with E-state index in [0.717, 1.165) is 16.8 Å². The molecule has 102 valence electrons. The Hall–Kier alpha value is -2.39. The lowest BCUT2D eigenvalue weighted by Gasteiger charge is -2.05. The molecule has 0 heterocycles. The summed E-state index contributed by atoms with van der Waals surface area (Å²) in [5.74, 6) is -0.0900. The molecule has 0 spiro atoms. The quantitative estimate of drug-likeness (QED) is 0.892. The average Bonchev–Trinajstić information content (AvgIpc) is 2.46. The van der Waals surface area contributed by atoms with Gasteiger partial charge >= 0.3 is 0 Å². The summed E-state index contributed by atoms with van der Waals surface area (Å²) in [7, 11) is 0. The lowest BCUT2D eigenvalue weighted by atomic mass is 10.1. The lowest BCUT2D eigenvalue weighted by molar-refractivity contribution is -0.114. The number of hydrogen-bond acceptors (Lipinski definition) is 2. The molecule has 3 heteroatoms. The average molecular weight is 267 g/mol. The van der Waals surface area contributed by atoms with Crippen LogP contribution in [0.25, 0.3) is 6.08 Å². The SMILES string of the molecule is CC(=O)Nc1ccc(/C=C/C(O)c2ccccc2)cc1. The van der Waals surface area contributed by atoms with Crippen molar-refractivity contribution < 1.29 is 9.90 Å². The van der Waals surface area contributed by atoms with Crippen molar-refractivity contribution in [2.24, 2.45) is 0 Å². The second-order valence-electron chi connectivity index (χ2n) is 4.52. The summed E-state index contributed by atoms with van der Waals surface area (Å²) in [6.07, 6.45) is 2.98. The molecule has 20 heavy (non-hydrogen) atoms. The predicted molar refractivity (Wildman–Crippen MR) is 81.2 cm³/mol. The molecule has 0 radical (unpaired) electrons. The normalized spacial score (nSPS) is 12.3. The topological polar surface area (TPSA) is 49.3 Å². The van der Waals surface area contributed by atoms with Gasteiger partial charge in [0.2, 0.25) is 5.91 Å². The molecule has 2 aromatic carbocycles. The zero-order valence-corrected chi connectivity index (χ0v) is 11.3. The Morgan fingerprint density at radius 2 is 1.75 bits per heavy atom. The standard InChI is InChI=1S/C17H17NO2/c1-13(19)18-16-10-7-14(8-11-16)9-12-17(20)15-5-3-2-4-6-15/h2-12,17,20H,1H3,(H,18,19)/b12-9+.